The fourth-order valence-electron chi connectivity index (χ4n) is 3.48. The number of anilines is 1. The monoisotopic (exact) mass is 428 g/mol. The first-order valence-corrected chi connectivity index (χ1v) is 10.9. The van der Waals surface area contributed by atoms with Gasteiger partial charge in [0.1, 0.15) is 5.52 Å². The van der Waals surface area contributed by atoms with Gasteiger partial charge in [0, 0.05) is 23.6 Å². The summed E-state index contributed by atoms with van der Waals surface area (Å²) in [5, 5.41) is 16.9. The molecule has 0 aliphatic rings. The van der Waals surface area contributed by atoms with E-state index in [1.165, 1.54) is 22.9 Å². The summed E-state index contributed by atoms with van der Waals surface area (Å²) in [6, 6.07) is 17.8. The smallest absolute Gasteiger partial charge is 0.234 e. The van der Waals surface area contributed by atoms with E-state index in [1.807, 2.05) is 57.7 Å². The minimum atomic E-state index is -0.0874. The predicted octanol–water partition coefficient (Wildman–Crippen LogP) is 4.39. The van der Waals surface area contributed by atoms with Crippen molar-refractivity contribution in [2.45, 2.75) is 19.0 Å². The van der Waals surface area contributed by atoms with Crippen LogP contribution in [-0.4, -0.2) is 35.9 Å². The van der Waals surface area contributed by atoms with Crippen LogP contribution >= 0.6 is 11.8 Å². The van der Waals surface area contributed by atoms with Gasteiger partial charge in [-0.15, -0.1) is 10.2 Å². The summed E-state index contributed by atoms with van der Waals surface area (Å²) in [6.45, 7) is 4.16. The molecule has 3 heterocycles. The van der Waals surface area contributed by atoms with Crippen LogP contribution in [0.15, 0.2) is 72.1 Å². The molecule has 3 aromatic heterocycles. The number of hydrogen-bond acceptors (Lipinski definition) is 5. The number of carbonyl (C=O) groups excluding carboxylic acids is 1. The lowest BCUT2D eigenvalue weighted by Gasteiger charge is -2.04. The van der Waals surface area contributed by atoms with Crippen molar-refractivity contribution < 1.29 is 4.79 Å². The number of fused-ring (bicyclic) bond motifs is 3. The molecule has 0 atom stereocenters. The number of rotatable bonds is 5. The second-order valence-electron chi connectivity index (χ2n) is 7.35. The van der Waals surface area contributed by atoms with Gasteiger partial charge in [-0.05, 0) is 43.7 Å². The van der Waals surface area contributed by atoms with Crippen molar-refractivity contribution >= 4 is 34.5 Å². The van der Waals surface area contributed by atoms with E-state index >= 15 is 0 Å². The topological polar surface area (TPSA) is 76.6 Å². The van der Waals surface area contributed by atoms with Gasteiger partial charge in [0.2, 0.25) is 5.91 Å². The Morgan fingerprint density at radius 1 is 1.03 bits per heavy atom. The zero-order valence-electron chi connectivity index (χ0n) is 17.1. The number of para-hydroxylation sites is 1. The third-order valence-electron chi connectivity index (χ3n) is 5.05. The van der Waals surface area contributed by atoms with Gasteiger partial charge in [0.05, 0.1) is 11.4 Å². The Hall–Kier alpha value is -3.65. The van der Waals surface area contributed by atoms with Gasteiger partial charge in [0.15, 0.2) is 10.8 Å². The highest BCUT2D eigenvalue weighted by atomic mass is 32.2. The van der Waals surface area contributed by atoms with Gasteiger partial charge >= 0.3 is 0 Å². The van der Waals surface area contributed by atoms with Crippen LogP contribution in [0.4, 0.5) is 5.69 Å². The minimum Gasteiger partial charge on any atom is -0.325 e. The Bertz CT molecular complexity index is 1410. The maximum Gasteiger partial charge on any atom is 0.234 e. The lowest BCUT2D eigenvalue weighted by Crippen LogP contribution is -2.14. The van der Waals surface area contributed by atoms with Gasteiger partial charge in [-0.3, -0.25) is 9.20 Å². The number of hydrogen-bond donors (Lipinski definition) is 1. The molecule has 5 aromatic rings. The van der Waals surface area contributed by atoms with Crippen LogP contribution in [-0.2, 0) is 4.79 Å². The lowest BCUT2D eigenvalue weighted by atomic mass is 10.0. The maximum absolute atomic E-state index is 12.3. The maximum atomic E-state index is 12.3. The van der Waals surface area contributed by atoms with E-state index < -0.39 is 0 Å². The summed E-state index contributed by atoms with van der Waals surface area (Å²) in [5.41, 5.74) is 6.72. The number of nitrogens with zero attached hydrogens (tertiary/aromatic N) is 5. The molecule has 154 valence electrons. The summed E-state index contributed by atoms with van der Waals surface area (Å²) in [7, 11) is 0. The minimum absolute atomic E-state index is 0.0874. The quantitative estimate of drug-likeness (QED) is 0.420. The molecule has 0 spiro atoms. The normalized spacial score (nSPS) is 11.3. The van der Waals surface area contributed by atoms with Crippen LogP contribution in [0.3, 0.4) is 0 Å². The predicted molar refractivity (Wildman–Crippen MR) is 122 cm³/mol. The molecular formula is C23H20N6OS. The fourth-order valence-corrected chi connectivity index (χ4v) is 4.20. The highest BCUT2D eigenvalue weighted by molar-refractivity contribution is 7.99. The summed E-state index contributed by atoms with van der Waals surface area (Å²) in [4.78, 5) is 12.3. The van der Waals surface area contributed by atoms with Gasteiger partial charge in [-0.25, -0.2) is 4.52 Å². The van der Waals surface area contributed by atoms with Crippen molar-refractivity contribution in [3.05, 3.63) is 78.1 Å². The Morgan fingerprint density at radius 3 is 2.71 bits per heavy atom. The largest absolute Gasteiger partial charge is 0.325 e. The first-order valence-electron chi connectivity index (χ1n) is 9.87. The number of carbonyl (C=O) groups is 1. The third kappa shape index (κ3) is 3.77. The highest BCUT2D eigenvalue weighted by Crippen LogP contribution is 2.27. The van der Waals surface area contributed by atoms with Gasteiger partial charge in [-0.1, -0.05) is 47.7 Å². The summed E-state index contributed by atoms with van der Waals surface area (Å²) in [6.07, 6.45) is 3.76. The highest BCUT2D eigenvalue weighted by Gasteiger charge is 2.15. The van der Waals surface area contributed by atoms with Gasteiger partial charge < -0.3 is 5.32 Å². The van der Waals surface area contributed by atoms with Crippen LogP contribution in [0.5, 0.6) is 0 Å². The van der Waals surface area contributed by atoms with E-state index in [1.54, 1.807) is 0 Å². The molecule has 8 heteroatoms. The van der Waals surface area contributed by atoms with E-state index in [0.29, 0.717) is 10.8 Å². The first kappa shape index (κ1) is 19.3. The fraction of sp³-hybridized carbons (Fsp3) is 0.130. The lowest BCUT2D eigenvalue weighted by molar-refractivity contribution is -0.113. The van der Waals surface area contributed by atoms with Crippen molar-refractivity contribution in [2.24, 2.45) is 0 Å². The molecule has 1 amide bonds. The first-order chi connectivity index (χ1) is 15.1. The summed E-state index contributed by atoms with van der Waals surface area (Å²) < 4.78 is 3.71. The molecule has 0 radical (unpaired) electrons. The zero-order chi connectivity index (χ0) is 21.4. The average Bonchev–Trinajstić information content (AvgIpc) is 3.38. The third-order valence-corrected chi connectivity index (χ3v) is 5.99. The molecule has 0 bridgehead atoms. The number of nitrogens with one attached hydrogen (secondary N) is 1. The standard InChI is InChI=1S/C23H20N6OS/c1-15-8-9-16(2)18(12-15)19-13-20-22-25-26-23(28(22)10-11-29(20)27-19)31-14-21(30)24-17-6-4-3-5-7-17/h3-13H,14H2,1-2H3,(H,24,30). The molecular weight excluding hydrogens is 408 g/mol. The Balaban J connectivity index is 1.41. The molecule has 0 unspecified atom stereocenters. The molecule has 0 saturated heterocycles. The van der Waals surface area contributed by atoms with Gasteiger partial charge in [0.25, 0.3) is 0 Å². The van der Waals surface area contributed by atoms with Crippen molar-refractivity contribution in [1.29, 1.82) is 0 Å². The van der Waals surface area contributed by atoms with Gasteiger partial charge in [-0.2, -0.15) is 5.10 Å². The van der Waals surface area contributed by atoms with Crippen LogP contribution in [0.2, 0.25) is 0 Å². The second kappa shape index (κ2) is 7.88. The molecule has 0 fully saturated rings. The number of aryl methyl sites for hydroxylation is 2. The van der Waals surface area contributed by atoms with Crippen molar-refractivity contribution in [3.63, 3.8) is 0 Å². The number of amides is 1. The van der Waals surface area contributed by atoms with Crippen LogP contribution in [0.1, 0.15) is 11.1 Å². The summed E-state index contributed by atoms with van der Waals surface area (Å²) >= 11 is 1.35. The molecule has 0 aliphatic carbocycles. The molecule has 7 nitrogen and oxygen atoms in total. The Morgan fingerprint density at radius 2 is 1.87 bits per heavy atom. The van der Waals surface area contributed by atoms with E-state index in [4.69, 9.17) is 5.10 Å². The number of thioether (sulfide) groups is 1. The molecule has 5 rings (SSSR count). The molecule has 1 N–H and O–H groups in total. The van der Waals surface area contributed by atoms with Crippen LogP contribution in [0, 0.1) is 13.8 Å². The number of benzene rings is 2. The molecule has 0 saturated carbocycles. The van der Waals surface area contributed by atoms with E-state index in [2.05, 4.69) is 47.6 Å². The molecule has 2 aromatic carbocycles. The SMILES string of the molecule is Cc1ccc(C)c(-c2cc3c4nnc(SCC(=O)Nc5ccccc5)n4ccn3n2)c1. The molecule has 0 aliphatic heterocycles. The summed E-state index contributed by atoms with van der Waals surface area (Å²) in [5.74, 6) is 0.156. The van der Waals surface area contributed by atoms with E-state index in [0.717, 1.165) is 22.5 Å². The zero-order valence-corrected chi connectivity index (χ0v) is 17.9. The van der Waals surface area contributed by atoms with Crippen molar-refractivity contribution in [2.75, 3.05) is 11.1 Å². The second-order valence-corrected chi connectivity index (χ2v) is 8.30. The Labute approximate surface area is 183 Å². The van der Waals surface area contributed by atoms with E-state index in [9.17, 15) is 4.79 Å². The Kier molecular flexibility index (Phi) is 4.91. The van der Waals surface area contributed by atoms with Crippen LogP contribution < -0.4 is 5.32 Å². The van der Waals surface area contributed by atoms with Crippen molar-refractivity contribution in [3.8, 4) is 11.3 Å². The number of aromatic nitrogens is 5. The average molecular weight is 429 g/mol. The van der Waals surface area contributed by atoms with Crippen molar-refractivity contribution in [1.82, 2.24) is 24.2 Å². The van der Waals surface area contributed by atoms with Crippen LogP contribution in [0.25, 0.3) is 22.4 Å². The molecule has 31 heavy (non-hydrogen) atoms. The van der Waals surface area contributed by atoms with E-state index in [-0.39, 0.29) is 11.7 Å².